The molecule has 1 N–H and O–H groups in total. The second kappa shape index (κ2) is 7.02. The molecule has 7 nitrogen and oxygen atoms in total. The quantitative estimate of drug-likeness (QED) is 0.593. The van der Waals surface area contributed by atoms with Gasteiger partial charge in [0.05, 0.1) is 12.2 Å². The lowest BCUT2D eigenvalue weighted by atomic mass is 10.0. The second-order valence-corrected chi connectivity index (χ2v) is 7.04. The Morgan fingerprint density at radius 1 is 1.50 bits per heavy atom. The maximum Gasteiger partial charge on any atom is 0.338 e. The van der Waals surface area contributed by atoms with E-state index < -0.39 is 12.0 Å². The lowest BCUT2D eigenvalue weighted by molar-refractivity contribution is -0.139. The van der Waals surface area contributed by atoms with E-state index in [2.05, 4.69) is 31.3 Å². The average Bonchev–Trinajstić information content (AvgIpc) is 3.12. The zero-order chi connectivity index (χ0) is 17.3. The summed E-state index contributed by atoms with van der Waals surface area (Å²) in [5.41, 5.74) is 1.14. The zero-order valence-electron chi connectivity index (χ0n) is 13.5. The van der Waals surface area contributed by atoms with Crippen molar-refractivity contribution in [2.24, 2.45) is 0 Å². The fourth-order valence-electron chi connectivity index (χ4n) is 2.53. The second-order valence-electron chi connectivity index (χ2n) is 5.02. The molecular formula is C15H17BrN4O3S. The molecule has 0 saturated carbocycles. The number of rotatable bonds is 5. The number of furan rings is 1. The predicted octanol–water partition coefficient (Wildman–Crippen LogP) is 3.60. The van der Waals surface area contributed by atoms with Crippen LogP contribution in [-0.4, -0.2) is 33.1 Å². The van der Waals surface area contributed by atoms with E-state index in [4.69, 9.17) is 9.15 Å². The van der Waals surface area contributed by atoms with Gasteiger partial charge < -0.3 is 14.5 Å². The summed E-state index contributed by atoms with van der Waals surface area (Å²) in [4.78, 5) is 17.0. The first-order chi connectivity index (χ1) is 11.5. The highest BCUT2D eigenvalue weighted by Crippen LogP contribution is 2.37. The molecule has 1 unspecified atom stereocenters. The maximum absolute atomic E-state index is 12.5. The predicted molar refractivity (Wildman–Crippen MR) is 93.9 cm³/mol. The summed E-state index contributed by atoms with van der Waals surface area (Å²) in [5.74, 6) is 1.63. The molecule has 2 aromatic heterocycles. The van der Waals surface area contributed by atoms with Gasteiger partial charge in [0.15, 0.2) is 4.67 Å². The van der Waals surface area contributed by atoms with Crippen molar-refractivity contribution < 1.29 is 13.9 Å². The number of ether oxygens (including phenoxy) is 1. The van der Waals surface area contributed by atoms with Gasteiger partial charge in [0.1, 0.15) is 11.8 Å². The first kappa shape index (κ1) is 17.1. The van der Waals surface area contributed by atoms with E-state index in [0.29, 0.717) is 39.4 Å². The standard InChI is InChI=1S/C15H17BrN4O3S/c1-4-22-13(21)11-8(3)17-14-18-15(24-5-2)19-20(14)12(11)9-6-7-10(16)23-9/h6-7,12H,4-5H2,1-3H3,(H,17,18,19). The van der Waals surface area contributed by atoms with Gasteiger partial charge in [0, 0.05) is 5.70 Å². The SMILES string of the molecule is CCOC(=O)C1=C(C)Nc2nc(SCC)nn2C1c1ccc(Br)o1. The average molecular weight is 413 g/mol. The van der Waals surface area contributed by atoms with Crippen LogP contribution in [-0.2, 0) is 9.53 Å². The van der Waals surface area contributed by atoms with E-state index in [9.17, 15) is 4.79 Å². The number of hydrogen-bond donors (Lipinski definition) is 1. The Hall–Kier alpha value is -1.74. The third-order valence-corrected chi connectivity index (χ3v) is 4.61. The minimum atomic E-state index is -0.523. The number of thioether (sulfide) groups is 1. The van der Waals surface area contributed by atoms with Crippen molar-refractivity contribution in [3.63, 3.8) is 0 Å². The molecule has 0 bridgehead atoms. The van der Waals surface area contributed by atoms with Crippen LogP contribution in [0.3, 0.4) is 0 Å². The number of hydrogen-bond acceptors (Lipinski definition) is 7. The normalized spacial score (nSPS) is 16.8. The van der Waals surface area contributed by atoms with Crippen LogP contribution < -0.4 is 5.32 Å². The number of nitrogens with one attached hydrogen (secondary N) is 1. The number of fused-ring (bicyclic) bond motifs is 1. The van der Waals surface area contributed by atoms with E-state index >= 15 is 0 Å². The van der Waals surface area contributed by atoms with Gasteiger partial charge in [-0.1, -0.05) is 18.7 Å². The summed E-state index contributed by atoms with van der Waals surface area (Å²) in [6, 6.07) is 3.07. The molecule has 24 heavy (non-hydrogen) atoms. The van der Waals surface area contributed by atoms with Gasteiger partial charge in [-0.15, -0.1) is 5.10 Å². The number of carbonyl (C=O) groups is 1. The number of esters is 1. The molecule has 0 amide bonds. The smallest absolute Gasteiger partial charge is 0.338 e. The van der Waals surface area contributed by atoms with Crippen molar-refractivity contribution in [2.45, 2.75) is 32.0 Å². The van der Waals surface area contributed by atoms with Gasteiger partial charge >= 0.3 is 5.97 Å². The first-order valence-corrected chi connectivity index (χ1v) is 9.32. The summed E-state index contributed by atoms with van der Waals surface area (Å²) >= 11 is 4.84. The van der Waals surface area contributed by atoms with Crippen LogP contribution in [0.5, 0.6) is 0 Å². The minimum absolute atomic E-state index is 0.297. The number of halogens is 1. The summed E-state index contributed by atoms with van der Waals surface area (Å²) in [6.45, 7) is 5.93. The molecule has 1 aliphatic heterocycles. The zero-order valence-corrected chi connectivity index (χ0v) is 15.9. The van der Waals surface area contributed by atoms with E-state index in [1.54, 1.807) is 17.7 Å². The minimum Gasteiger partial charge on any atom is -0.463 e. The summed E-state index contributed by atoms with van der Waals surface area (Å²) in [5, 5.41) is 8.31. The number of aromatic nitrogens is 3. The van der Waals surface area contributed by atoms with Gasteiger partial charge in [-0.2, -0.15) is 4.98 Å². The van der Waals surface area contributed by atoms with Gasteiger partial charge in [0.25, 0.3) is 0 Å². The molecule has 1 atom stereocenters. The summed E-state index contributed by atoms with van der Waals surface area (Å²) in [7, 11) is 0. The van der Waals surface area contributed by atoms with Crippen LogP contribution in [0.25, 0.3) is 0 Å². The molecule has 0 spiro atoms. The van der Waals surface area contributed by atoms with Crippen molar-refractivity contribution in [3.05, 3.63) is 33.8 Å². The molecule has 0 saturated heterocycles. The van der Waals surface area contributed by atoms with E-state index in [-0.39, 0.29) is 0 Å². The number of carbonyl (C=O) groups excluding carboxylic acids is 1. The van der Waals surface area contributed by atoms with Crippen LogP contribution in [0.1, 0.15) is 32.6 Å². The van der Waals surface area contributed by atoms with Crippen molar-refractivity contribution in [1.82, 2.24) is 14.8 Å². The van der Waals surface area contributed by atoms with Gasteiger partial charge in [-0.05, 0) is 47.7 Å². The molecule has 0 aliphatic carbocycles. The Morgan fingerprint density at radius 3 is 2.92 bits per heavy atom. The van der Waals surface area contributed by atoms with Crippen LogP contribution in [0, 0.1) is 0 Å². The van der Waals surface area contributed by atoms with E-state index in [1.807, 2.05) is 19.9 Å². The third kappa shape index (κ3) is 3.10. The van der Waals surface area contributed by atoms with E-state index in [1.165, 1.54) is 11.8 Å². The molecule has 0 radical (unpaired) electrons. The molecule has 1 aliphatic rings. The molecule has 0 fully saturated rings. The van der Waals surface area contributed by atoms with Crippen molar-refractivity contribution in [2.75, 3.05) is 17.7 Å². The first-order valence-electron chi connectivity index (χ1n) is 7.54. The monoisotopic (exact) mass is 412 g/mol. The van der Waals surface area contributed by atoms with Crippen molar-refractivity contribution in [1.29, 1.82) is 0 Å². The Morgan fingerprint density at radius 2 is 2.29 bits per heavy atom. The molecule has 3 heterocycles. The number of anilines is 1. The molecule has 9 heteroatoms. The summed E-state index contributed by atoms with van der Waals surface area (Å²) in [6.07, 6.45) is 0. The highest BCUT2D eigenvalue weighted by Gasteiger charge is 2.37. The lowest BCUT2D eigenvalue weighted by Crippen LogP contribution is -2.29. The Bertz CT molecular complexity index is 798. The molecule has 0 aromatic carbocycles. The summed E-state index contributed by atoms with van der Waals surface area (Å²) < 4.78 is 13.2. The molecule has 3 rings (SSSR count). The Labute approximate surface area is 152 Å². The van der Waals surface area contributed by atoms with Gasteiger partial charge in [-0.25, -0.2) is 9.48 Å². The highest BCUT2D eigenvalue weighted by molar-refractivity contribution is 9.10. The van der Waals surface area contributed by atoms with Crippen LogP contribution in [0.15, 0.2) is 37.6 Å². The number of allylic oxidation sites excluding steroid dienone is 1. The van der Waals surface area contributed by atoms with Crippen molar-refractivity contribution in [3.8, 4) is 0 Å². The Balaban J connectivity index is 2.11. The topological polar surface area (TPSA) is 82.2 Å². The lowest BCUT2D eigenvalue weighted by Gasteiger charge is -2.26. The molecule has 2 aromatic rings. The maximum atomic E-state index is 12.5. The third-order valence-electron chi connectivity index (χ3n) is 3.47. The van der Waals surface area contributed by atoms with Crippen LogP contribution in [0.4, 0.5) is 5.95 Å². The van der Waals surface area contributed by atoms with Crippen LogP contribution in [0.2, 0.25) is 0 Å². The number of nitrogens with zero attached hydrogens (tertiary/aromatic N) is 3. The highest BCUT2D eigenvalue weighted by atomic mass is 79.9. The van der Waals surface area contributed by atoms with Gasteiger partial charge in [-0.3, -0.25) is 0 Å². The fourth-order valence-corrected chi connectivity index (χ4v) is 3.41. The fraction of sp³-hybridized carbons (Fsp3) is 0.400. The largest absolute Gasteiger partial charge is 0.463 e. The van der Waals surface area contributed by atoms with Crippen molar-refractivity contribution >= 4 is 39.6 Å². The van der Waals surface area contributed by atoms with Crippen LogP contribution >= 0.6 is 27.7 Å². The van der Waals surface area contributed by atoms with E-state index in [0.717, 1.165) is 5.75 Å². The molecule has 128 valence electrons. The molecular weight excluding hydrogens is 396 g/mol. The Kier molecular flexibility index (Phi) is 5.00. The van der Waals surface area contributed by atoms with Gasteiger partial charge in [0.2, 0.25) is 11.1 Å².